The highest BCUT2D eigenvalue weighted by atomic mass is 16.5. The third-order valence-corrected chi connectivity index (χ3v) is 1.97. The van der Waals surface area contributed by atoms with Crippen molar-refractivity contribution in [1.82, 2.24) is 25.2 Å². The lowest BCUT2D eigenvalue weighted by atomic mass is 10.5. The molecule has 0 saturated carbocycles. The molecule has 0 aliphatic carbocycles. The van der Waals surface area contributed by atoms with Gasteiger partial charge in [-0.25, -0.2) is 0 Å². The van der Waals surface area contributed by atoms with Crippen LogP contribution in [0.25, 0.3) is 0 Å². The highest BCUT2D eigenvalue weighted by Gasteiger charge is 2.07. The first-order valence-electron chi connectivity index (χ1n) is 4.98. The maximum Gasteiger partial charge on any atom is 0.246 e. The number of carbonyl (C=O) groups is 1. The standard InChI is InChI=1S/C9H12N6O2/c1-6-12-9(17-14-6)4-11-8(16)5-15-3-2-7(10)13-15/h2-3H,4-5H2,1H3,(H2,10,13)(H,11,16). The second-order valence-corrected chi connectivity index (χ2v) is 3.45. The Labute approximate surface area is 96.8 Å². The summed E-state index contributed by atoms with van der Waals surface area (Å²) in [6.07, 6.45) is 1.63. The number of aryl methyl sites for hydroxylation is 1. The van der Waals surface area contributed by atoms with Crippen molar-refractivity contribution in [3.05, 3.63) is 24.0 Å². The molecular formula is C9H12N6O2. The van der Waals surface area contributed by atoms with E-state index in [4.69, 9.17) is 10.3 Å². The number of nitrogens with zero attached hydrogens (tertiary/aromatic N) is 4. The van der Waals surface area contributed by atoms with Crippen LogP contribution in [0.15, 0.2) is 16.8 Å². The Morgan fingerprint density at radius 2 is 2.47 bits per heavy atom. The van der Waals surface area contributed by atoms with Gasteiger partial charge in [0.1, 0.15) is 12.4 Å². The number of aromatic nitrogens is 4. The molecule has 8 heteroatoms. The molecule has 0 unspecified atom stereocenters. The summed E-state index contributed by atoms with van der Waals surface area (Å²) in [5.41, 5.74) is 5.43. The largest absolute Gasteiger partial charge is 0.382 e. The molecule has 2 aromatic heterocycles. The maximum absolute atomic E-state index is 11.5. The van der Waals surface area contributed by atoms with Gasteiger partial charge in [-0.1, -0.05) is 5.16 Å². The quantitative estimate of drug-likeness (QED) is 0.738. The fraction of sp³-hybridized carbons (Fsp3) is 0.333. The molecular weight excluding hydrogens is 224 g/mol. The van der Waals surface area contributed by atoms with E-state index in [0.717, 1.165) is 0 Å². The van der Waals surface area contributed by atoms with Crippen molar-refractivity contribution in [2.75, 3.05) is 5.73 Å². The molecule has 0 bridgehead atoms. The zero-order valence-electron chi connectivity index (χ0n) is 9.25. The van der Waals surface area contributed by atoms with Crippen molar-refractivity contribution < 1.29 is 9.32 Å². The summed E-state index contributed by atoms with van der Waals surface area (Å²) >= 11 is 0. The average Bonchev–Trinajstić information content (AvgIpc) is 2.85. The number of hydrogen-bond donors (Lipinski definition) is 2. The molecule has 3 N–H and O–H groups in total. The monoisotopic (exact) mass is 236 g/mol. The summed E-state index contributed by atoms with van der Waals surface area (Å²) in [5.74, 6) is 1.08. The molecule has 8 nitrogen and oxygen atoms in total. The Bertz CT molecular complexity index is 517. The van der Waals surface area contributed by atoms with Crippen molar-refractivity contribution in [2.24, 2.45) is 0 Å². The van der Waals surface area contributed by atoms with Crippen LogP contribution in [0.4, 0.5) is 5.82 Å². The summed E-state index contributed by atoms with van der Waals surface area (Å²) in [5, 5.41) is 10.1. The van der Waals surface area contributed by atoms with Gasteiger partial charge in [0.05, 0.1) is 6.54 Å². The van der Waals surface area contributed by atoms with Crippen molar-refractivity contribution in [3.63, 3.8) is 0 Å². The summed E-state index contributed by atoms with van der Waals surface area (Å²) in [7, 11) is 0. The fourth-order valence-electron chi connectivity index (χ4n) is 1.25. The Balaban J connectivity index is 1.82. The molecule has 0 aliphatic heterocycles. The van der Waals surface area contributed by atoms with Gasteiger partial charge in [-0.3, -0.25) is 9.48 Å². The van der Waals surface area contributed by atoms with Gasteiger partial charge < -0.3 is 15.6 Å². The van der Waals surface area contributed by atoms with Crippen LogP contribution in [-0.4, -0.2) is 25.8 Å². The van der Waals surface area contributed by atoms with Crippen molar-refractivity contribution in [3.8, 4) is 0 Å². The van der Waals surface area contributed by atoms with Crippen LogP contribution < -0.4 is 11.1 Å². The molecule has 0 aromatic carbocycles. The van der Waals surface area contributed by atoms with Gasteiger partial charge >= 0.3 is 0 Å². The molecule has 0 aliphatic rings. The maximum atomic E-state index is 11.5. The van der Waals surface area contributed by atoms with E-state index < -0.39 is 0 Å². The van der Waals surface area contributed by atoms with Gasteiger partial charge in [0.25, 0.3) is 0 Å². The van der Waals surface area contributed by atoms with Crippen LogP contribution >= 0.6 is 0 Å². The van der Waals surface area contributed by atoms with Crippen LogP contribution in [0.2, 0.25) is 0 Å². The number of nitrogens with two attached hydrogens (primary N) is 1. The van der Waals surface area contributed by atoms with Crippen LogP contribution in [0.1, 0.15) is 11.7 Å². The Kier molecular flexibility index (Phi) is 3.03. The normalized spacial score (nSPS) is 10.4. The van der Waals surface area contributed by atoms with Crippen LogP contribution in [-0.2, 0) is 17.9 Å². The fourth-order valence-corrected chi connectivity index (χ4v) is 1.25. The first-order valence-corrected chi connectivity index (χ1v) is 4.98. The lowest BCUT2D eigenvalue weighted by Crippen LogP contribution is -2.27. The zero-order valence-corrected chi connectivity index (χ0v) is 9.25. The van der Waals surface area contributed by atoms with Crippen molar-refractivity contribution in [2.45, 2.75) is 20.0 Å². The second kappa shape index (κ2) is 4.64. The summed E-state index contributed by atoms with van der Waals surface area (Å²) in [4.78, 5) is 15.5. The van der Waals surface area contributed by atoms with E-state index in [2.05, 4.69) is 20.6 Å². The Morgan fingerprint density at radius 3 is 3.06 bits per heavy atom. The summed E-state index contributed by atoms with van der Waals surface area (Å²) in [6, 6.07) is 1.62. The molecule has 1 amide bonds. The number of nitrogens with one attached hydrogen (secondary N) is 1. The van der Waals surface area contributed by atoms with Gasteiger partial charge in [0, 0.05) is 6.20 Å². The van der Waals surface area contributed by atoms with E-state index >= 15 is 0 Å². The first kappa shape index (κ1) is 11.1. The predicted molar refractivity (Wildman–Crippen MR) is 57.5 cm³/mol. The molecule has 0 saturated heterocycles. The van der Waals surface area contributed by atoms with Crippen LogP contribution in [0, 0.1) is 6.92 Å². The Morgan fingerprint density at radius 1 is 1.65 bits per heavy atom. The SMILES string of the molecule is Cc1noc(CNC(=O)Cn2ccc(N)n2)n1. The number of anilines is 1. The number of hydrogen-bond acceptors (Lipinski definition) is 6. The lowest BCUT2D eigenvalue weighted by Gasteiger charge is -2.02. The molecule has 0 radical (unpaired) electrons. The van der Waals surface area contributed by atoms with Gasteiger partial charge in [0.2, 0.25) is 11.8 Å². The number of rotatable bonds is 4. The third-order valence-electron chi connectivity index (χ3n) is 1.97. The minimum Gasteiger partial charge on any atom is -0.382 e. The molecule has 2 heterocycles. The number of carbonyl (C=O) groups excluding carboxylic acids is 1. The van der Waals surface area contributed by atoms with E-state index in [1.807, 2.05) is 0 Å². The molecule has 2 aromatic rings. The lowest BCUT2D eigenvalue weighted by molar-refractivity contribution is -0.122. The number of amides is 1. The molecule has 17 heavy (non-hydrogen) atoms. The molecule has 0 atom stereocenters. The Hall–Kier alpha value is -2.38. The average molecular weight is 236 g/mol. The second-order valence-electron chi connectivity index (χ2n) is 3.45. The summed E-state index contributed by atoms with van der Waals surface area (Å²) < 4.78 is 6.30. The summed E-state index contributed by atoms with van der Waals surface area (Å²) in [6.45, 7) is 2.02. The van der Waals surface area contributed by atoms with Crippen LogP contribution in [0.5, 0.6) is 0 Å². The van der Waals surface area contributed by atoms with Crippen LogP contribution in [0.3, 0.4) is 0 Å². The zero-order chi connectivity index (χ0) is 12.3. The molecule has 90 valence electrons. The molecule has 0 spiro atoms. The first-order chi connectivity index (χ1) is 8.13. The third kappa shape index (κ3) is 3.03. The molecule has 0 fully saturated rings. The van der Waals surface area contributed by atoms with E-state index in [1.54, 1.807) is 19.2 Å². The minimum atomic E-state index is -0.205. The highest BCUT2D eigenvalue weighted by molar-refractivity contribution is 5.75. The van der Waals surface area contributed by atoms with Crippen molar-refractivity contribution >= 4 is 11.7 Å². The van der Waals surface area contributed by atoms with Crippen molar-refractivity contribution in [1.29, 1.82) is 0 Å². The predicted octanol–water partition coefficient (Wildman–Crippen LogP) is -0.527. The number of nitrogen functional groups attached to an aromatic ring is 1. The minimum absolute atomic E-state index is 0.102. The van der Waals surface area contributed by atoms with E-state index in [1.165, 1.54) is 4.68 Å². The van der Waals surface area contributed by atoms with E-state index in [0.29, 0.717) is 17.5 Å². The van der Waals surface area contributed by atoms with Gasteiger partial charge in [-0.15, -0.1) is 0 Å². The van der Waals surface area contributed by atoms with Gasteiger partial charge in [-0.05, 0) is 13.0 Å². The van der Waals surface area contributed by atoms with E-state index in [9.17, 15) is 4.79 Å². The van der Waals surface area contributed by atoms with E-state index in [-0.39, 0.29) is 19.0 Å². The van der Waals surface area contributed by atoms with Gasteiger partial charge in [0.15, 0.2) is 5.82 Å². The smallest absolute Gasteiger partial charge is 0.246 e. The topological polar surface area (TPSA) is 112 Å². The van der Waals surface area contributed by atoms with Gasteiger partial charge in [-0.2, -0.15) is 10.1 Å². The molecule has 2 rings (SSSR count). The highest BCUT2D eigenvalue weighted by Crippen LogP contribution is 1.97.